The Morgan fingerprint density at radius 3 is 2.68 bits per heavy atom. The fourth-order valence-electron chi connectivity index (χ4n) is 5.89. The smallest absolute Gasteiger partial charge is 0.274 e. The summed E-state index contributed by atoms with van der Waals surface area (Å²) in [7, 11) is 0. The van der Waals surface area contributed by atoms with E-state index < -0.39 is 12.2 Å². The molecule has 3 aliphatic rings. The number of nitrogens with zero attached hydrogens (tertiary/aromatic N) is 3. The molecule has 12 heteroatoms. The van der Waals surface area contributed by atoms with Gasteiger partial charge in [-0.25, -0.2) is 23.1 Å². The Morgan fingerprint density at radius 1 is 1.23 bits per heavy atom. The number of pyridine rings is 2. The zero-order valence-electron chi connectivity index (χ0n) is 24.7. The molecule has 44 heavy (non-hydrogen) atoms. The second-order valence-electron chi connectivity index (χ2n) is 11.5. The Labute approximate surface area is 254 Å². The van der Waals surface area contributed by atoms with Crippen molar-refractivity contribution in [3.05, 3.63) is 71.3 Å². The van der Waals surface area contributed by atoms with Gasteiger partial charge < -0.3 is 25.0 Å². The van der Waals surface area contributed by atoms with Crippen molar-refractivity contribution < 1.29 is 32.2 Å². The minimum Gasteiger partial charge on any atom is -0.488 e. The van der Waals surface area contributed by atoms with Crippen molar-refractivity contribution in [1.82, 2.24) is 25.5 Å². The summed E-state index contributed by atoms with van der Waals surface area (Å²) < 4.78 is 48.4. The summed E-state index contributed by atoms with van der Waals surface area (Å²) in [5.41, 5.74) is 1.98. The Morgan fingerprint density at radius 2 is 2.02 bits per heavy atom. The Bertz CT molecular complexity index is 1470. The Hall–Kier alpha value is -4.19. The summed E-state index contributed by atoms with van der Waals surface area (Å²) in [4.78, 5) is 34.9. The van der Waals surface area contributed by atoms with Crippen molar-refractivity contribution >= 4 is 12.3 Å². The molecule has 1 spiro atoms. The number of halogens is 3. The minimum atomic E-state index is -2.59. The second kappa shape index (κ2) is 13.6. The number of rotatable bonds is 9. The molecule has 1 aliphatic carbocycles. The summed E-state index contributed by atoms with van der Waals surface area (Å²) in [5, 5.41) is 6.34. The van der Waals surface area contributed by atoms with Gasteiger partial charge in [0.15, 0.2) is 11.4 Å². The largest absolute Gasteiger partial charge is 0.488 e. The molecule has 6 rings (SSSR count). The third-order valence-corrected chi connectivity index (χ3v) is 8.11. The van der Waals surface area contributed by atoms with Crippen molar-refractivity contribution in [1.29, 1.82) is 0 Å². The maximum Gasteiger partial charge on any atom is 0.274 e. The number of aryl methyl sites for hydroxylation is 1. The van der Waals surface area contributed by atoms with Gasteiger partial charge in [0.1, 0.15) is 11.9 Å². The highest BCUT2D eigenvalue weighted by Gasteiger charge is 2.53. The lowest BCUT2D eigenvalue weighted by Gasteiger charge is -2.57. The predicted octanol–water partition coefficient (Wildman–Crippen LogP) is 4.71. The van der Waals surface area contributed by atoms with Crippen molar-refractivity contribution in [2.45, 2.75) is 51.7 Å². The van der Waals surface area contributed by atoms with Gasteiger partial charge in [-0.2, -0.15) is 0 Å². The van der Waals surface area contributed by atoms with Gasteiger partial charge in [0.25, 0.3) is 12.3 Å². The average molecular weight is 612 g/mol. The lowest BCUT2D eigenvalue weighted by atomic mass is 9.62. The molecule has 2 amide bonds. The van der Waals surface area contributed by atoms with Crippen LogP contribution in [0.25, 0.3) is 11.3 Å². The molecule has 3 fully saturated rings. The first-order valence-corrected chi connectivity index (χ1v) is 14.7. The molecule has 234 valence electrons. The summed E-state index contributed by atoms with van der Waals surface area (Å²) in [6.45, 7) is 7.13. The molecular weight excluding hydrogens is 575 g/mol. The maximum atomic E-state index is 13.2. The zero-order valence-corrected chi connectivity index (χ0v) is 24.7. The maximum absolute atomic E-state index is 13.2. The van der Waals surface area contributed by atoms with E-state index in [4.69, 9.17) is 14.5 Å². The average Bonchev–Trinajstić information content (AvgIpc) is 3.49. The minimum absolute atomic E-state index is 0.0172. The van der Waals surface area contributed by atoms with Crippen LogP contribution in [0.2, 0.25) is 0 Å². The summed E-state index contributed by atoms with van der Waals surface area (Å²) in [5.74, 6) is 0.103. The molecule has 1 saturated carbocycles. The van der Waals surface area contributed by atoms with E-state index in [1.165, 1.54) is 19.1 Å². The normalized spacial score (nSPS) is 18.6. The highest BCUT2D eigenvalue weighted by atomic mass is 19.3. The third kappa shape index (κ3) is 7.12. The molecule has 1 aromatic carbocycles. The molecule has 0 radical (unpaired) electrons. The highest BCUT2D eigenvalue weighted by molar-refractivity contribution is 5.96. The van der Waals surface area contributed by atoms with Gasteiger partial charge in [-0.1, -0.05) is 6.07 Å². The van der Waals surface area contributed by atoms with Gasteiger partial charge >= 0.3 is 0 Å². The number of nitrogens with one attached hydrogen (secondary N) is 2. The number of amides is 2. The SMILES string of the molecule is CCOc1ncccc1-c1ccc(OC2CC3(C2)CN(C=O)C3)c(C(=O)NC2CCNC2)n1.Cc1ccc(F)cc1C(F)F. The van der Waals surface area contributed by atoms with E-state index in [0.717, 1.165) is 63.5 Å². The molecule has 1 atom stereocenters. The first-order valence-electron chi connectivity index (χ1n) is 14.7. The van der Waals surface area contributed by atoms with Crippen LogP contribution in [-0.4, -0.2) is 72.1 Å². The molecule has 2 saturated heterocycles. The van der Waals surface area contributed by atoms with Crippen molar-refractivity contribution in [2.24, 2.45) is 5.41 Å². The Kier molecular flexibility index (Phi) is 9.68. The fraction of sp³-hybridized carbons (Fsp3) is 0.438. The molecule has 2 N–H and O–H groups in total. The van der Waals surface area contributed by atoms with Gasteiger partial charge in [0, 0.05) is 42.9 Å². The van der Waals surface area contributed by atoms with Crippen LogP contribution in [0.4, 0.5) is 13.2 Å². The molecule has 2 aromatic heterocycles. The lowest BCUT2D eigenvalue weighted by molar-refractivity contribution is -0.147. The molecule has 1 unspecified atom stereocenters. The summed E-state index contributed by atoms with van der Waals surface area (Å²) in [6.07, 6.45) is 2.64. The number of likely N-dealkylation sites (tertiary alicyclic amines) is 1. The van der Waals surface area contributed by atoms with Crippen LogP contribution in [0, 0.1) is 18.2 Å². The number of benzene rings is 1. The standard InChI is InChI=1S/C24H29N5O4.C8H7F3/c1-2-32-23-18(4-3-8-26-23)19-5-6-20(21(28-19)22(31)27-16-7-9-25-12-16)33-17-10-24(11-17)13-29(14-24)15-30;1-5-2-3-6(9)4-7(5)8(10)11/h3-6,8,15-17,25H,2,7,9-14H2,1H3,(H,27,31);2-4,8H,1H3. The van der Waals surface area contributed by atoms with Gasteiger partial charge in [0.05, 0.1) is 17.9 Å². The van der Waals surface area contributed by atoms with E-state index in [-0.39, 0.29) is 34.7 Å². The van der Waals surface area contributed by atoms with Crippen LogP contribution in [0.5, 0.6) is 11.6 Å². The first kappa shape index (κ1) is 31.2. The summed E-state index contributed by atoms with van der Waals surface area (Å²) >= 11 is 0. The van der Waals surface area contributed by atoms with Crippen LogP contribution in [0.1, 0.15) is 54.2 Å². The van der Waals surface area contributed by atoms with Crippen molar-refractivity contribution in [2.75, 3.05) is 32.8 Å². The fourth-order valence-corrected chi connectivity index (χ4v) is 5.89. The molecule has 0 bridgehead atoms. The number of aromatic nitrogens is 2. The van der Waals surface area contributed by atoms with Gasteiger partial charge in [-0.05, 0) is 81.6 Å². The number of hydrogen-bond donors (Lipinski definition) is 2. The van der Waals surface area contributed by atoms with Crippen LogP contribution < -0.4 is 20.1 Å². The number of alkyl halides is 2. The van der Waals surface area contributed by atoms with E-state index in [1.807, 2.05) is 31.2 Å². The predicted molar refractivity (Wildman–Crippen MR) is 157 cm³/mol. The van der Waals surface area contributed by atoms with Crippen LogP contribution in [0.15, 0.2) is 48.7 Å². The van der Waals surface area contributed by atoms with Gasteiger partial charge in [0.2, 0.25) is 12.3 Å². The van der Waals surface area contributed by atoms with Crippen molar-refractivity contribution in [3.8, 4) is 22.9 Å². The second-order valence-corrected chi connectivity index (χ2v) is 11.5. The van der Waals surface area contributed by atoms with E-state index in [9.17, 15) is 22.8 Å². The third-order valence-electron chi connectivity index (χ3n) is 8.11. The van der Waals surface area contributed by atoms with Crippen LogP contribution >= 0.6 is 0 Å². The van der Waals surface area contributed by atoms with E-state index in [0.29, 0.717) is 29.5 Å². The number of carbonyl (C=O) groups excluding carboxylic acids is 2. The van der Waals surface area contributed by atoms with E-state index in [1.54, 1.807) is 11.1 Å². The molecule has 4 heterocycles. The monoisotopic (exact) mass is 611 g/mol. The molecule has 9 nitrogen and oxygen atoms in total. The topological polar surface area (TPSA) is 106 Å². The lowest BCUT2D eigenvalue weighted by Crippen LogP contribution is -2.64. The first-order chi connectivity index (χ1) is 21.2. The van der Waals surface area contributed by atoms with Gasteiger partial charge in [-0.3, -0.25) is 9.59 Å². The summed E-state index contributed by atoms with van der Waals surface area (Å²) in [6, 6.07) is 10.8. The Balaban J connectivity index is 0.000000296. The van der Waals surface area contributed by atoms with E-state index >= 15 is 0 Å². The molecule has 3 aromatic rings. The van der Waals surface area contributed by atoms with Crippen LogP contribution in [0.3, 0.4) is 0 Å². The number of carbonyl (C=O) groups is 2. The molecule has 2 aliphatic heterocycles. The molecular formula is C32H36F3N5O4. The number of ether oxygens (including phenoxy) is 2. The van der Waals surface area contributed by atoms with Gasteiger partial charge in [-0.15, -0.1) is 0 Å². The van der Waals surface area contributed by atoms with Crippen molar-refractivity contribution in [3.63, 3.8) is 0 Å². The van der Waals surface area contributed by atoms with Crippen LogP contribution in [-0.2, 0) is 4.79 Å². The number of hydrogen-bond acceptors (Lipinski definition) is 7. The van der Waals surface area contributed by atoms with E-state index in [2.05, 4.69) is 15.6 Å². The quantitative estimate of drug-likeness (QED) is 0.338. The zero-order chi connectivity index (χ0) is 31.3. The highest BCUT2D eigenvalue weighted by Crippen LogP contribution is 2.49.